The Bertz CT molecular complexity index is 505. The molecule has 0 radical (unpaired) electrons. The predicted molar refractivity (Wildman–Crippen MR) is 49.7 cm³/mol. The summed E-state index contributed by atoms with van der Waals surface area (Å²) in [5.74, 6) is -0.638. The highest BCUT2D eigenvalue weighted by Gasteiger charge is 2.32. The van der Waals surface area contributed by atoms with Gasteiger partial charge in [0.05, 0.1) is 7.11 Å². The van der Waals surface area contributed by atoms with Crippen LogP contribution in [0.15, 0.2) is 18.2 Å². The van der Waals surface area contributed by atoms with Crippen molar-refractivity contribution in [3.05, 3.63) is 24.0 Å². The Morgan fingerprint density at radius 1 is 1.50 bits per heavy atom. The number of anilines is 1. The van der Waals surface area contributed by atoms with Gasteiger partial charge in [-0.05, 0) is 12.1 Å². The number of ether oxygens (including phenoxy) is 1. The van der Waals surface area contributed by atoms with Crippen molar-refractivity contribution in [3.8, 4) is 5.75 Å². The fraction of sp³-hybridized carbons (Fsp3) is 0.143. The van der Waals surface area contributed by atoms with Crippen LogP contribution >= 0.6 is 0 Å². The summed E-state index contributed by atoms with van der Waals surface area (Å²) in [6.45, 7) is 0. The lowest BCUT2D eigenvalue weighted by atomic mass is 10.3. The number of halogens is 1. The molecular formula is C7H7FN2O5S. The SMILES string of the molecule is COc1cccc(F)c1N1NOS(=O)(=O)O1. The number of para-hydroxylation sites is 1. The summed E-state index contributed by atoms with van der Waals surface area (Å²) in [7, 11) is -2.88. The smallest absolute Gasteiger partial charge is 0.440 e. The Balaban J connectivity index is 2.41. The zero-order valence-corrected chi connectivity index (χ0v) is 8.82. The summed E-state index contributed by atoms with van der Waals surface area (Å²) < 4.78 is 48.3. The molecule has 1 aliphatic rings. The molecule has 88 valence electrons. The summed E-state index contributed by atoms with van der Waals surface area (Å²) in [5.41, 5.74) is 1.65. The van der Waals surface area contributed by atoms with Crippen molar-refractivity contribution in [1.82, 2.24) is 5.59 Å². The molecule has 0 aromatic heterocycles. The van der Waals surface area contributed by atoms with Crippen molar-refractivity contribution in [3.63, 3.8) is 0 Å². The molecule has 0 spiro atoms. The van der Waals surface area contributed by atoms with Crippen molar-refractivity contribution in [2.24, 2.45) is 0 Å². The standard InChI is InChI=1S/C7H7FN2O5S/c1-13-6-4-2-3-5(8)7(6)10-9-14-16(11,12)15-10/h2-4,9H,1H3. The minimum absolute atomic E-state index is 0.0909. The lowest BCUT2D eigenvalue weighted by Crippen LogP contribution is -2.29. The van der Waals surface area contributed by atoms with Gasteiger partial charge in [-0.1, -0.05) is 11.7 Å². The second kappa shape index (κ2) is 3.87. The van der Waals surface area contributed by atoms with Crippen LogP contribution in [0.25, 0.3) is 0 Å². The molecule has 1 N–H and O–H groups in total. The highest BCUT2D eigenvalue weighted by molar-refractivity contribution is 7.82. The molecule has 0 saturated carbocycles. The zero-order valence-electron chi connectivity index (χ0n) is 8.01. The minimum atomic E-state index is -4.19. The number of nitrogens with zero attached hydrogens (tertiary/aromatic N) is 1. The maximum absolute atomic E-state index is 13.4. The van der Waals surface area contributed by atoms with Gasteiger partial charge in [0, 0.05) is 0 Å². The Kier molecular flexibility index (Phi) is 2.68. The number of benzene rings is 1. The van der Waals surface area contributed by atoms with Gasteiger partial charge in [-0.25, -0.2) is 4.39 Å². The van der Waals surface area contributed by atoms with Crippen LogP contribution in [0.4, 0.5) is 10.1 Å². The van der Waals surface area contributed by atoms with Crippen molar-refractivity contribution in [2.45, 2.75) is 0 Å². The summed E-state index contributed by atoms with van der Waals surface area (Å²) in [5, 5.41) is 0.517. The highest BCUT2D eigenvalue weighted by Crippen LogP contribution is 2.32. The van der Waals surface area contributed by atoms with Gasteiger partial charge >= 0.3 is 10.4 Å². The van der Waals surface area contributed by atoms with E-state index in [2.05, 4.69) is 8.57 Å². The normalized spacial score (nSPS) is 18.8. The molecule has 7 nitrogen and oxygen atoms in total. The number of hydrogen-bond acceptors (Lipinski definition) is 7. The number of nitrogens with one attached hydrogen (secondary N) is 1. The van der Waals surface area contributed by atoms with E-state index in [9.17, 15) is 12.8 Å². The van der Waals surface area contributed by atoms with E-state index in [1.165, 1.54) is 19.2 Å². The summed E-state index contributed by atoms with van der Waals surface area (Å²) in [4.78, 5) is 0. The average molecular weight is 250 g/mol. The molecule has 1 aromatic carbocycles. The molecule has 1 heterocycles. The Labute approximate surface area is 90.5 Å². The molecule has 0 bridgehead atoms. The van der Waals surface area contributed by atoms with Gasteiger partial charge in [0.25, 0.3) is 0 Å². The summed E-state index contributed by atoms with van der Waals surface area (Å²) in [6, 6.07) is 3.96. The van der Waals surface area contributed by atoms with Gasteiger partial charge in [-0.15, -0.1) is 13.7 Å². The maximum atomic E-state index is 13.4. The topological polar surface area (TPSA) is 77.1 Å². The third-order valence-electron chi connectivity index (χ3n) is 1.76. The van der Waals surface area contributed by atoms with Gasteiger partial charge < -0.3 is 4.74 Å². The number of rotatable bonds is 2. The lowest BCUT2D eigenvalue weighted by Gasteiger charge is -2.15. The van der Waals surface area contributed by atoms with Crippen molar-refractivity contribution >= 4 is 16.1 Å². The molecule has 9 heteroatoms. The van der Waals surface area contributed by atoms with Gasteiger partial charge in [0.2, 0.25) is 0 Å². The molecule has 0 amide bonds. The third-order valence-corrected chi connectivity index (χ3v) is 2.37. The zero-order chi connectivity index (χ0) is 11.8. The molecule has 1 aromatic rings. The molecule has 1 fully saturated rings. The Morgan fingerprint density at radius 3 is 2.81 bits per heavy atom. The molecule has 2 rings (SSSR count). The molecule has 1 aliphatic heterocycles. The van der Waals surface area contributed by atoms with Crippen LogP contribution in [0.1, 0.15) is 0 Å². The number of hydrazine groups is 1. The second-order valence-corrected chi connectivity index (χ2v) is 3.87. The van der Waals surface area contributed by atoms with E-state index in [0.29, 0.717) is 5.17 Å². The van der Waals surface area contributed by atoms with E-state index >= 15 is 0 Å². The van der Waals surface area contributed by atoms with E-state index in [0.717, 1.165) is 6.07 Å². The molecule has 1 saturated heterocycles. The van der Waals surface area contributed by atoms with Crippen LogP contribution in [0.2, 0.25) is 0 Å². The Morgan fingerprint density at radius 2 is 2.25 bits per heavy atom. The largest absolute Gasteiger partial charge is 0.494 e. The van der Waals surface area contributed by atoms with E-state index < -0.39 is 16.2 Å². The third kappa shape index (κ3) is 1.93. The number of methoxy groups -OCH3 is 1. The van der Waals surface area contributed by atoms with Crippen molar-refractivity contribution < 1.29 is 26.1 Å². The first kappa shape index (κ1) is 11.1. The first-order valence-corrected chi connectivity index (χ1v) is 5.38. The maximum Gasteiger partial charge on any atom is 0.440 e. The fourth-order valence-electron chi connectivity index (χ4n) is 1.14. The van der Waals surface area contributed by atoms with Crippen LogP contribution in [-0.2, 0) is 19.0 Å². The number of hydrogen-bond donors (Lipinski definition) is 1. The van der Waals surface area contributed by atoms with Crippen LogP contribution in [0.5, 0.6) is 5.75 Å². The molecule has 0 unspecified atom stereocenters. The first-order valence-electron chi connectivity index (χ1n) is 4.05. The van der Waals surface area contributed by atoms with E-state index in [-0.39, 0.29) is 11.4 Å². The van der Waals surface area contributed by atoms with Gasteiger partial charge in [0.1, 0.15) is 5.75 Å². The van der Waals surface area contributed by atoms with Crippen LogP contribution in [0.3, 0.4) is 0 Å². The average Bonchev–Trinajstić information content (AvgIpc) is 2.58. The van der Waals surface area contributed by atoms with Gasteiger partial charge in [-0.3, -0.25) is 0 Å². The van der Waals surface area contributed by atoms with Crippen molar-refractivity contribution in [2.75, 3.05) is 12.3 Å². The predicted octanol–water partition coefficient (Wildman–Crippen LogP) is 0.267. The van der Waals surface area contributed by atoms with Crippen molar-refractivity contribution in [1.29, 1.82) is 0 Å². The molecule has 0 atom stereocenters. The van der Waals surface area contributed by atoms with Crippen LogP contribution in [-0.4, -0.2) is 15.5 Å². The molecule has 0 aliphatic carbocycles. The first-order chi connectivity index (χ1) is 7.53. The van der Waals surface area contributed by atoms with Crippen LogP contribution < -0.4 is 15.5 Å². The highest BCUT2D eigenvalue weighted by atomic mass is 32.3. The fourth-order valence-corrected chi connectivity index (χ4v) is 1.62. The van der Waals surface area contributed by atoms with Gasteiger partial charge in [0.15, 0.2) is 11.5 Å². The summed E-state index contributed by atoms with van der Waals surface area (Å²) >= 11 is 0. The molecule has 16 heavy (non-hydrogen) atoms. The Hall–Kier alpha value is -1.42. The van der Waals surface area contributed by atoms with E-state index in [1.54, 1.807) is 0 Å². The van der Waals surface area contributed by atoms with E-state index in [1.807, 2.05) is 5.59 Å². The monoisotopic (exact) mass is 250 g/mol. The van der Waals surface area contributed by atoms with Crippen LogP contribution in [0, 0.1) is 5.82 Å². The summed E-state index contributed by atoms with van der Waals surface area (Å²) in [6.07, 6.45) is 0. The lowest BCUT2D eigenvalue weighted by molar-refractivity contribution is 0.193. The molecular weight excluding hydrogens is 243 g/mol. The second-order valence-electron chi connectivity index (χ2n) is 2.74. The quantitative estimate of drug-likeness (QED) is 0.807. The van der Waals surface area contributed by atoms with E-state index in [4.69, 9.17) is 4.74 Å². The minimum Gasteiger partial charge on any atom is -0.494 e. The van der Waals surface area contributed by atoms with Gasteiger partial charge in [-0.2, -0.15) is 8.42 Å².